The predicted octanol–water partition coefficient (Wildman–Crippen LogP) is 1.65. The summed E-state index contributed by atoms with van der Waals surface area (Å²) in [4.78, 5) is 12.4. The van der Waals surface area contributed by atoms with E-state index in [9.17, 15) is 0 Å². The molecule has 0 saturated heterocycles. The first-order valence-electron chi connectivity index (χ1n) is 5.76. The zero-order valence-electron chi connectivity index (χ0n) is 10.0. The standard InChI is InChI=1S/C13H11N5O/c14-7-9-2-1-3-10(6-9)13-17-12(18-19-13)11-8-15-4-5-16-11/h1-6,8H,7,14H2. The third-order valence-electron chi connectivity index (χ3n) is 2.63. The lowest BCUT2D eigenvalue weighted by Crippen LogP contribution is -1.95. The predicted molar refractivity (Wildman–Crippen MR) is 68.7 cm³/mol. The normalized spacial score (nSPS) is 10.6. The van der Waals surface area contributed by atoms with Gasteiger partial charge in [-0.3, -0.25) is 4.98 Å². The molecule has 3 aromatic rings. The summed E-state index contributed by atoms with van der Waals surface area (Å²) < 4.78 is 5.23. The van der Waals surface area contributed by atoms with Crippen LogP contribution in [0.25, 0.3) is 23.0 Å². The first-order chi connectivity index (χ1) is 9.36. The summed E-state index contributed by atoms with van der Waals surface area (Å²) in [6.45, 7) is 0.471. The molecule has 2 N–H and O–H groups in total. The lowest BCUT2D eigenvalue weighted by atomic mass is 10.1. The van der Waals surface area contributed by atoms with E-state index >= 15 is 0 Å². The molecule has 0 aliphatic carbocycles. The molecule has 1 aromatic carbocycles. The highest BCUT2D eigenvalue weighted by molar-refractivity contribution is 5.57. The van der Waals surface area contributed by atoms with Gasteiger partial charge in [-0.2, -0.15) is 4.98 Å². The Morgan fingerprint density at radius 2 is 2.16 bits per heavy atom. The molecule has 2 aromatic heterocycles. The maximum atomic E-state index is 5.61. The Bertz CT molecular complexity index is 680. The highest BCUT2D eigenvalue weighted by Gasteiger charge is 2.11. The number of nitrogens with zero attached hydrogens (tertiary/aromatic N) is 4. The van der Waals surface area contributed by atoms with Crippen molar-refractivity contribution >= 4 is 0 Å². The van der Waals surface area contributed by atoms with E-state index in [1.54, 1.807) is 18.6 Å². The van der Waals surface area contributed by atoms with Gasteiger partial charge in [0.25, 0.3) is 5.89 Å². The van der Waals surface area contributed by atoms with Gasteiger partial charge < -0.3 is 10.3 Å². The van der Waals surface area contributed by atoms with Crippen molar-refractivity contribution in [1.29, 1.82) is 0 Å². The fraction of sp³-hybridized carbons (Fsp3) is 0.0769. The zero-order chi connectivity index (χ0) is 13.1. The van der Waals surface area contributed by atoms with E-state index in [2.05, 4.69) is 20.1 Å². The molecule has 94 valence electrons. The fourth-order valence-corrected chi connectivity index (χ4v) is 1.69. The van der Waals surface area contributed by atoms with Gasteiger partial charge >= 0.3 is 0 Å². The molecule has 19 heavy (non-hydrogen) atoms. The van der Waals surface area contributed by atoms with Crippen LogP contribution in [0.2, 0.25) is 0 Å². The van der Waals surface area contributed by atoms with E-state index in [1.807, 2.05) is 24.3 Å². The third-order valence-corrected chi connectivity index (χ3v) is 2.63. The minimum Gasteiger partial charge on any atom is -0.334 e. The van der Waals surface area contributed by atoms with E-state index in [-0.39, 0.29) is 0 Å². The Labute approximate surface area is 109 Å². The Morgan fingerprint density at radius 1 is 1.21 bits per heavy atom. The molecular formula is C13H11N5O. The van der Waals surface area contributed by atoms with Crippen molar-refractivity contribution in [3.63, 3.8) is 0 Å². The van der Waals surface area contributed by atoms with Gasteiger partial charge in [0.1, 0.15) is 5.69 Å². The van der Waals surface area contributed by atoms with Crippen LogP contribution in [-0.2, 0) is 6.54 Å². The molecule has 2 heterocycles. The van der Waals surface area contributed by atoms with Crippen molar-refractivity contribution in [2.24, 2.45) is 5.73 Å². The monoisotopic (exact) mass is 253 g/mol. The number of nitrogens with two attached hydrogens (primary N) is 1. The first-order valence-corrected chi connectivity index (χ1v) is 5.76. The number of rotatable bonds is 3. The van der Waals surface area contributed by atoms with Crippen LogP contribution in [0, 0.1) is 0 Å². The van der Waals surface area contributed by atoms with Crippen LogP contribution in [0.3, 0.4) is 0 Å². The molecule has 0 bridgehead atoms. The summed E-state index contributed by atoms with van der Waals surface area (Å²) in [5, 5.41) is 3.90. The minimum absolute atomic E-state index is 0.418. The first kappa shape index (κ1) is 11.5. The van der Waals surface area contributed by atoms with Gasteiger partial charge in [0.2, 0.25) is 5.82 Å². The summed E-state index contributed by atoms with van der Waals surface area (Å²) in [5.74, 6) is 0.859. The quantitative estimate of drug-likeness (QED) is 0.763. The minimum atomic E-state index is 0.418. The molecule has 0 aliphatic rings. The van der Waals surface area contributed by atoms with E-state index in [1.165, 1.54) is 0 Å². The van der Waals surface area contributed by atoms with Gasteiger partial charge in [-0.25, -0.2) is 4.98 Å². The second-order valence-electron chi connectivity index (χ2n) is 3.92. The van der Waals surface area contributed by atoms with Crippen LogP contribution in [0.1, 0.15) is 5.56 Å². The largest absolute Gasteiger partial charge is 0.334 e. The number of aromatic nitrogens is 4. The molecule has 0 unspecified atom stereocenters. The number of hydrogen-bond donors (Lipinski definition) is 1. The summed E-state index contributed by atoms with van der Waals surface area (Å²) >= 11 is 0. The average Bonchev–Trinajstić information content (AvgIpc) is 2.98. The summed E-state index contributed by atoms with van der Waals surface area (Å²) in [7, 11) is 0. The number of hydrogen-bond acceptors (Lipinski definition) is 6. The van der Waals surface area contributed by atoms with Gasteiger partial charge in [-0.15, -0.1) is 0 Å². The second-order valence-corrected chi connectivity index (χ2v) is 3.92. The molecule has 0 saturated carbocycles. The molecule has 3 rings (SSSR count). The van der Waals surface area contributed by atoms with Crippen LogP contribution in [0.15, 0.2) is 47.4 Å². The smallest absolute Gasteiger partial charge is 0.258 e. The SMILES string of the molecule is NCc1cccc(-c2nc(-c3cnccn3)no2)c1. The van der Waals surface area contributed by atoms with Crippen LogP contribution in [-0.4, -0.2) is 20.1 Å². The van der Waals surface area contributed by atoms with Crippen molar-refractivity contribution in [2.75, 3.05) is 0 Å². The number of benzene rings is 1. The Hall–Kier alpha value is -2.60. The lowest BCUT2D eigenvalue weighted by Gasteiger charge is -1.98. The van der Waals surface area contributed by atoms with Crippen molar-refractivity contribution in [3.8, 4) is 23.0 Å². The summed E-state index contributed by atoms with van der Waals surface area (Å²) in [5.41, 5.74) is 8.03. The Morgan fingerprint density at radius 3 is 2.95 bits per heavy atom. The van der Waals surface area contributed by atoms with Gasteiger partial charge in [-0.05, 0) is 17.7 Å². The molecular weight excluding hydrogens is 242 g/mol. The molecule has 0 spiro atoms. The van der Waals surface area contributed by atoms with Crippen molar-refractivity contribution < 1.29 is 4.52 Å². The topological polar surface area (TPSA) is 90.7 Å². The fourth-order valence-electron chi connectivity index (χ4n) is 1.69. The van der Waals surface area contributed by atoms with Gasteiger partial charge in [0.15, 0.2) is 0 Å². The van der Waals surface area contributed by atoms with Gasteiger partial charge in [0.05, 0.1) is 6.20 Å². The molecule has 0 atom stereocenters. The average molecular weight is 253 g/mol. The third kappa shape index (κ3) is 2.34. The Kier molecular flexibility index (Phi) is 2.99. The molecule has 6 heteroatoms. The summed E-state index contributed by atoms with van der Waals surface area (Å²) in [6, 6.07) is 7.67. The summed E-state index contributed by atoms with van der Waals surface area (Å²) in [6.07, 6.45) is 4.76. The van der Waals surface area contributed by atoms with Crippen LogP contribution in [0.5, 0.6) is 0 Å². The molecule has 6 nitrogen and oxygen atoms in total. The van der Waals surface area contributed by atoms with Gasteiger partial charge in [0, 0.05) is 24.5 Å². The van der Waals surface area contributed by atoms with E-state index in [0.29, 0.717) is 24.0 Å². The van der Waals surface area contributed by atoms with Crippen LogP contribution in [0.4, 0.5) is 0 Å². The molecule has 0 amide bonds. The second kappa shape index (κ2) is 4.95. The van der Waals surface area contributed by atoms with Crippen molar-refractivity contribution in [2.45, 2.75) is 6.54 Å². The van der Waals surface area contributed by atoms with E-state index in [0.717, 1.165) is 11.1 Å². The Balaban J connectivity index is 1.97. The maximum absolute atomic E-state index is 5.61. The van der Waals surface area contributed by atoms with Crippen LogP contribution < -0.4 is 5.73 Å². The van der Waals surface area contributed by atoms with E-state index < -0.39 is 0 Å². The van der Waals surface area contributed by atoms with Gasteiger partial charge in [-0.1, -0.05) is 17.3 Å². The van der Waals surface area contributed by atoms with Crippen molar-refractivity contribution in [3.05, 3.63) is 48.4 Å². The molecule has 0 fully saturated rings. The highest BCUT2D eigenvalue weighted by Crippen LogP contribution is 2.21. The van der Waals surface area contributed by atoms with Crippen LogP contribution >= 0.6 is 0 Å². The van der Waals surface area contributed by atoms with E-state index in [4.69, 9.17) is 10.3 Å². The van der Waals surface area contributed by atoms with Crippen molar-refractivity contribution in [1.82, 2.24) is 20.1 Å². The zero-order valence-corrected chi connectivity index (χ0v) is 10.0. The lowest BCUT2D eigenvalue weighted by molar-refractivity contribution is 0.432. The maximum Gasteiger partial charge on any atom is 0.258 e. The molecule has 0 aliphatic heterocycles. The highest BCUT2D eigenvalue weighted by atomic mass is 16.5. The molecule has 0 radical (unpaired) electrons.